The third-order valence-electron chi connectivity index (χ3n) is 1.42. The Kier molecular flexibility index (Phi) is 8.17. The van der Waals surface area contributed by atoms with Crippen LogP contribution in [0, 0.1) is 0 Å². The Bertz CT molecular complexity index is 188. The van der Waals surface area contributed by atoms with Crippen LogP contribution in [0.25, 0.3) is 0 Å². The van der Waals surface area contributed by atoms with Gasteiger partial charge >= 0.3 is 11.9 Å². The third-order valence-corrected chi connectivity index (χ3v) is 2.73. The van der Waals surface area contributed by atoms with E-state index in [2.05, 4.69) is 36.6 Å². The van der Waals surface area contributed by atoms with Crippen molar-refractivity contribution in [3.63, 3.8) is 0 Å². The second kappa shape index (κ2) is 8.23. The normalized spacial score (nSPS) is 16.6. The van der Waals surface area contributed by atoms with Gasteiger partial charge in [0.1, 0.15) is 4.83 Å². The lowest BCUT2D eigenvalue weighted by Gasteiger charge is -1.97. The summed E-state index contributed by atoms with van der Waals surface area (Å²) in [7, 11) is 0. The number of carbonyl (C=O) groups is 2. The number of hydrogen-bond acceptors (Lipinski definition) is 3. The molecule has 0 aliphatic carbocycles. The van der Waals surface area contributed by atoms with Gasteiger partial charge in [-0.25, -0.2) is 0 Å². The van der Waals surface area contributed by atoms with E-state index in [9.17, 15) is 9.59 Å². The van der Waals surface area contributed by atoms with Crippen LogP contribution in [0.3, 0.4) is 0 Å². The highest BCUT2D eigenvalue weighted by Gasteiger charge is 2.10. The summed E-state index contributed by atoms with van der Waals surface area (Å²) in [6.07, 6.45) is 2.16. The molecule has 0 aromatic heterocycles. The number of rotatable bonds is 3. The molecule has 0 aromatic rings. The van der Waals surface area contributed by atoms with E-state index in [4.69, 9.17) is 5.11 Å². The van der Waals surface area contributed by atoms with Crippen LogP contribution < -0.4 is 0 Å². The molecule has 1 aliphatic rings. The van der Waals surface area contributed by atoms with E-state index in [0.717, 1.165) is 11.8 Å². The fourth-order valence-corrected chi connectivity index (χ4v) is 2.00. The highest BCUT2D eigenvalue weighted by Crippen LogP contribution is 2.06. The van der Waals surface area contributed by atoms with Crippen molar-refractivity contribution in [3.8, 4) is 0 Å². The summed E-state index contributed by atoms with van der Waals surface area (Å²) in [5.74, 6) is -0.848. The molecule has 1 saturated heterocycles. The van der Waals surface area contributed by atoms with Gasteiger partial charge in [0.2, 0.25) is 0 Å². The van der Waals surface area contributed by atoms with Crippen molar-refractivity contribution in [2.75, 3.05) is 11.9 Å². The van der Waals surface area contributed by atoms with Crippen LogP contribution in [0.5, 0.6) is 0 Å². The van der Waals surface area contributed by atoms with Gasteiger partial charge in [-0.15, -0.1) is 0 Å². The van der Waals surface area contributed by atoms with E-state index in [0.29, 0.717) is 19.4 Å². The Morgan fingerprint density at radius 3 is 2.43 bits per heavy atom. The zero-order valence-corrected chi connectivity index (χ0v) is 10.7. The van der Waals surface area contributed by atoms with Crippen LogP contribution >= 0.6 is 31.9 Å². The molecule has 0 spiro atoms. The fraction of sp³-hybridized carbons (Fsp3) is 0.750. The van der Waals surface area contributed by atoms with Crippen molar-refractivity contribution in [3.05, 3.63) is 0 Å². The minimum atomic E-state index is -0.801. The lowest BCUT2D eigenvalue weighted by molar-refractivity contribution is -0.138. The monoisotopic (exact) mass is 330 g/mol. The Hall–Kier alpha value is -0.100. The van der Waals surface area contributed by atoms with Crippen LogP contribution in [-0.2, 0) is 14.3 Å². The molecule has 0 bridgehead atoms. The molecule has 4 nitrogen and oxygen atoms in total. The van der Waals surface area contributed by atoms with Gasteiger partial charge in [-0.2, -0.15) is 0 Å². The lowest BCUT2D eigenvalue weighted by Crippen LogP contribution is -2.12. The number of carboxylic acid groups (broad SMARTS) is 1. The molecule has 1 unspecified atom stereocenters. The molecule has 1 heterocycles. The van der Waals surface area contributed by atoms with Crippen molar-refractivity contribution in [1.29, 1.82) is 0 Å². The molecular weight excluding hydrogens is 320 g/mol. The van der Waals surface area contributed by atoms with E-state index in [1.807, 2.05) is 0 Å². The van der Waals surface area contributed by atoms with Crippen molar-refractivity contribution >= 4 is 43.8 Å². The lowest BCUT2D eigenvalue weighted by atomic mass is 10.3. The number of ether oxygens (including phenoxy) is 1. The topological polar surface area (TPSA) is 63.6 Å². The molecular formula is C8H12Br2O4. The molecule has 1 rings (SSSR count). The summed E-state index contributed by atoms with van der Waals surface area (Å²) in [5, 5.41) is 8.96. The maximum absolute atomic E-state index is 10.0. The first-order chi connectivity index (χ1) is 6.57. The smallest absolute Gasteiger partial charge is 0.317 e. The number of hydrogen-bond donors (Lipinski definition) is 1. The maximum Gasteiger partial charge on any atom is 0.317 e. The Morgan fingerprint density at radius 2 is 2.29 bits per heavy atom. The minimum Gasteiger partial charge on any atom is -0.480 e. The van der Waals surface area contributed by atoms with Gasteiger partial charge in [-0.3, -0.25) is 9.59 Å². The second-order valence-electron chi connectivity index (χ2n) is 2.61. The molecule has 6 heteroatoms. The van der Waals surface area contributed by atoms with Crippen molar-refractivity contribution in [2.45, 2.75) is 24.1 Å². The van der Waals surface area contributed by atoms with Gasteiger partial charge in [-0.1, -0.05) is 31.9 Å². The Labute approximate surface area is 99.3 Å². The van der Waals surface area contributed by atoms with Gasteiger partial charge in [-0.05, 0) is 12.8 Å². The van der Waals surface area contributed by atoms with Crippen LogP contribution in [-0.4, -0.2) is 33.8 Å². The molecule has 82 valence electrons. The number of aliphatic carboxylic acids is 1. The summed E-state index contributed by atoms with van der Waals surface area (Å²) in [6, 6.07) is 0. The van der Waals surface area contributed by atoms with Crippen molar-refractivity contribution in [2.24, 2.45) is 0 Å². The van der Waals surface area contributed by atoms with Crippen molar-refractivity contribution in [1.82, 2.24) is 0 Å². The van der Waals surface area contributed by atoms with Crippen LogP contribution in [0.4, 0.5) is 0 Å². The van der Waals surface area contributed by atoms with Crippen molar-refractivity contribution < 1.29 is 19.4 Å². The highest BCUT2D eigenvalue weighted by atomic mass is 79.9. The van der Waals surface area contributed by atoms with Crippen LogP contribution in [0.1, 0.15) is 19.3 Å². The summed E-state index contributed by atoms with van der Waals surface area (Å²) in [5.41, 5.74) is 0. The summed E-state index contributed by atoms with van der Waals surface area (Å²) < 4.78 is 4.51. The van der Waals surface area contributed by atoms with E-state index in [1.54, 1.807) is 0 Å². The summed E-state index contributed by atoms with van der Waals surface area (Å²) in [6.45, 7) is 0.638. The first kappa shape index (κ1) is 13.9. The molecule has 0 radical (unpaired) electrons. The first-order valence-corrected chi connectivity index (χ1v) is 6.20. The Morgan fingerprint density at radius 1 is 1.64 bits per heavy atom. The second-order valence-corrected chi connectivity index (χ2v) is 4.51. The van der Waals surface area contributed by atoms with Crippen LogP contribution in [0.15, 0.2) is 0 Å². The first-order valence-electron chi connectivity index (χ1n) is 4.16. The molecule has 1 aliphatic heterocycles. The highest BCUT2D eigenvalue weighted by molar-refractivity contribution is 9.10. The Balaban J connectivity index is 0.000000249. The minimum absolute atomic E-state index is 0.0463. The van der Waals surface area contributed by atoms with Gasteiger partial charge in [0, 0.05) is 11.8 Å². The molecule has 14 heavy (non-hydrogen) atoms. The fourth-order valence-electron chi connectivity index (χ4n) is 0.694. The van der Waals surface area contributed by atoms with E-state index in [-0.39, 0.29) is 5.97 Å². The number of halogens is 2. The predicted octanol–water partition coefficient (Wildman–Crippen LogP) is 1.94. The number of cyclic esters (lactones) is 1. The standard InChI is InChI=1S/C4H6Br2O2.C4H6O2/c5-2-1-3(6)4(7)8;5-4-2-1-3-6-4/h3H,1-2H2,(H,7,8);1-3H2. The summed E-state index contributed by atoms with van der Waals surface area (Å²) in [4.78, 5) is 19.6. The number of esters is 1. The van der Waals surface area contributed by atoms with Crippen LogP contribution in [0.2, 0.25) is 0 Å². The van der Waals surface area contributed by atoms with Gasteiger partial charge in [0.15, 0.2) is 0 Å². The predicted molar refractivity (Wildman–Crippen MR) is 59.0 cm³/mol. The maximum atomic E-state index is 10.0. The quantitative estimate of drug-likeness (QED) is 0.634. The molecule has 0 amide bonds. The van der Waals surface area contributed by atoms with E-state index < -0.39 is 10.8 Å². The van der Waals surface area contributed by atoms with E-state index in [1.165, 1.54) is 0 Å². The zero-order chi connectivity index (χ0) is 11.0. The largest absolute Gasteiger partial charge is 0.480 e. The van der Waals surface area contributed by atoms with Gasteiger partial charge in [0.25, 0.3) is 0 Å². The number of carboxylic acids is 1. The summed E-state index contributed by atoms with van der Waals surface area (Å²) >= 11 is 6.10. The SMILES string of the molecule is O=C(O)C(Br)CCBr.O=C1CCCO1. The third kappa shape index (κ3) is 7.32. The molecule has 1 fully saturated rings. The number of carbonyl (C=O) groups excluding carboxylic acids is 1. The average Bonchev–Trinajstić information content (AvgIpc) is 2.57. The number of alkyl halides is 2. The molecule has 0 aromatic carbocycles. The zero-order valence-electron chi connectivity index (χ0n) is 7.54. The average molecular weight is 332 g/mol. The molecule has 1 atom stereocenters. The van der Waals surface area contributed by atoms with Gasteiger partial charge < -0.3 is 9.84 Å². The molecule has 1 N–H and O–H groups in total. The van der Waals surface area contributed by atoms with E-state index >= 15 is 0 Å². The molecule has 0 saturated carbocycles. The van der Waals surface area contributed by atoms with Gasteiger partial charge in [0.05, 0.1) is 6.61 Å².